The van der Waals surface area contributed by atoms with Crippen molar-refractivity contribution in [2.24, 2.45) is 0 Å². The van der Waals surface area contributed by atoms with Crippen LogP contribution in [-0.2, 0) is 0 Å². The summed E-state index contributed by atoms with van der Waals surface area (Å²) in [5.41, 5.74) is 3.31. The molecule has 2 rings (SSSR count). The van der Waals surface area contributed by atoms with Gasteiger partial charge in [0.25, 0.3) is 0 Å². The number of hydrogen-bond acceptors (Lipinski definition) is 0. The van der Waals surface area contributed by atoms with Gasteiger partial charge >= 0.3 is 0 Å². The van der Waals surface area contributed by atoms with Crippen molar-refractivity contribution >= 4 is 14.7 Å². The van der Waals surface area contributed by atoms with Crippen molar-refractivity contribution in [2.75, 3.05) is 0 Å². The monoisotopic (exact) mass is 242 g/mol. The second-order valence-corrected chi connectivity index (χ2v) is 6.90. The van der Waals surface area contributed by atoms with Crippen molar-refractivity contribution in [1.82, 2.24) is 0 Å². The van der Waals surface area contributed by atoms with Gasteiger partial charge in [0.1, 0.15) is 0 Å². The highest BCUT2D eigenvalue weighted by molar-refractivity contribution is 6.61. The minimum Gasteiger partial charge on any atom is -0.0755 e. The zero-order valence-electron chi connectivity index (χ0n) is 11.0. The van der Waals surface area contributed by atoms with Gasteiger partial charge in [0, 0.05) is 0 Å². The first-order valence-electron chi connectivity index (χ1n) is 6.77. The molecule has 1 aliphatic rings. The van der Waals surface area contributed by atoms with Crippen LogP contribution in [0.25, 0.3) is 0 Å². The Morgan fingerprint density at radius 3 is 2.53 bits per heavy atom. The molecule has 17 heavy (non-hydrogen) atoms. The lowest BCUT2D eigenvalue weighted by molar-refractivity contribution is 0.884. The van der Waals surface area contributed by atoms with Gasteiger partial charge in [0.2, 0.25) is 0 Å². The Morgan fingerprint density at radius 2 is 1.88 bits per heavy atom. The van der Waals surface area contributed by atoms with Gasteiger partial charge in [-0.15, -0.1) is 0 Å². The van der Waals surface area contributed by atoms with Crippen LogP contribution in [-0.4, -0.2) is 9.52 Å². The second-order valence-electron chi connectivity index (χ2n) is 4.87. The number of allylic oxidation sites excluding steroid dienone is 4. The predicted octanol–water partition coefficient (Wildman–Crippen LogP) is 3.28. The quantitative estimate of drug-likeness (QED) is 0.695. The molecule has 0 amide bonds. The Bertz CT molecular complexity index is 426. The standard InChI is InChI=1S/C16H22Si/c1-3-8-13-11-14(4-2)16(12-13)17-15-9-6-5-7-10-15/h5-7,9-11H,3-4,8,12,17H2,1-2H3. The second kappa shape index (κ2) is 6.01. The van der Waals surface area contributed by atoms with Gasteiger partial charge in [-0.1, -0.05) is 78.2 Å². The highest BCUT2D eigenvalue weighted by Gasteiger charge is 2.14. The molecule has 90 valence electrons. The normalized spacial score (nSPS) is 16.0. The van der Waals surface area contributed by atoms with Gasteiger partial charge in [-0.2, -0.15) is 0 Å². The maximum Gasteiger partial charge on any atom is 0.0832 e. The lowest BCUT2D eigenvalue weighted by atomic mass is 10.1. The van der Waals surface area contributed by atoms with Gasteiger partial charge in [-0.25, -0.2) is 0 Å². The minimum absolute atomic E-state index is 0.215. The van der Waals surface area contributed by atoms with Crippen molar-refractivity contribution < 1.29 is 0 Å². The first-order chi connectivity index (χ1) is 8.33. The molecular weight excluding hydrogens is 220 g/mol. The maximum atomic E-state index is 2.48. The van der Waals surface area contributed by atoms with Gasteiger partial charge in [0.05, 0.1) is 9.52 Å². The van der Waals surface area contributed by atoms with Crippen molar-refractivity contribution in [3.05, 3.63) is 52.8 Å². The Hall–Kier alpha value is -1.08. The van der Waals surface area contributed by atoms with Crippen LogP contribution >= 0.6 is 0 Å². The molecule has 1 aliphatic carbocycles. The Kier molecular flexibility index (Phi) is 4.38. The van der Waals surface area contributed by atoms with Gasteiger partial charge in [-0.05, 0) is 19.3 Å². The predicted molar refractivity (Wildman–Crippen MR) is 79.5 cm³/mol. The molecule has 0 bridgehead atoms. The third-order valence-corrected chi connectivity index (χ3v) is 5.50. The molecule has 1 aromatic carbocycles. The molecule has 0 radical (unpaired) electrons. The number of hydrogen-bond donors (Lipinski definition) is 0. The van der Waals surface area contributed by atoms with E-state index in [1.54, 1.807) is 21.5 Å². The van der Waals surface area contributed by atoms with Crippen LogP contribution < -0.4 is 5.19 Å². The summed E-state index contributed by atoms with van der Waals surface area (Å²) in [5.74, 6) is 0. The number of rotatable bonds is 5. The Balaban J connectivity index is 2.07. The molecule has 0 spiro atoms. The molecule has 0 saturated carbocycles. The molecule has 1 heteroatoms. The van der Waals surface area contributed by atoms with Crippen LogP contribution in [0.4, 0.5) is 0 Å². The first kappa shape index (κ1) is 12.4. The summed E-state index contributed by atoms with van der Waals surface area (Å²) in [4.78, 5) is 0. The van der Waals surface area contributed by atoms with Crippen LogP contribution in [0.15, 0.2) is 52.8 Å². The minimum atomic E-state index is -0.215. The Labute approximate surface area is 107 Å². The van der Waals surface area contributed by atoms with E-state index < -0.39 is 0 Å². The highest BCUT2D eigenvalue weighted by Crippen LogP contribution is 2.29. The van der Waals surface area contributed by atoms with Gasteiger partial charge < -0.3 is 0 Å². The summed E-state index contributed by atoms with van der Waals surface area (Å²) in [5, 5.41) is 3.36. The lowest BCUT2D eigenvalue weighted by Crippen LogP contribution is -2.16. The van der Waals surface area contributed by atoms with E-state index in [4.69, 9.17) is 0 Å². The van der Waals surface area contributed by atoms with E-state index in [0.29, 0.717) is 0 Å². The molecule has 0 aromatic heterocycles. The molecular formula is C16H22Si. The fraction of sp³-hybridized carbons (Fsp3) is 0.375. The summed E-state index contributed by atoms with van der Waals surface area (Å²) in [6.07, 6.45) is 7.54. The van der Waals surface area contributed by atoms with Crippen LogP contribution in [0.5, 0.6) is 0 Å². The van der Waals surface area contributed by atoms with E-state index in [1.165, 1.54) is 25.7 Å². The molecule has 0 heterocycles. The third-order valence-electron chi connectivity index (χ3n) is 3.49. The zero-order valence-corrected chi connectivity index (χ0v) is 12.4. The summed E-state index contributed by atoms with van der Waals surface area (Å²) >= 11 is 0. The summed E-state index contributed by atoms with van der Waals surface area (Å²) in [6.45, 7) is 4.57. The van der Waals surface area contributed by atoms with E-state index in [1.807, 2.05) is 0 Å². The third kappa shape index (κ3) is 3.19. The fourth-order valence-electron chi connectivity index (χ4n) is 2.64. The summed E-state index contributed by atoms with van der Waals surface area (Å²) < 4.78 is 0. The smallest absolute Gasteiger partial charge is 0.0755 e. The summed E-state index contributed by atoms with van der Waals surface area (Å²) in [6, 6.07) is 11.0. The van der Waals surface area contributed by atoms with E-state index >= 15 is 0 Å². The maximum absolute atomic E-state index is 2.48. The van der Waals surface area contributed by atoms with Crippen LogP contribution in [0.2, 0.25) is 0 Å². The Morgan fingerprint density at radius 1 is 1.12 bits per heavy atom. The van der Waals surface area contributed by atoms with Crippen molar-refractivity contribution in [3.8, 4) is 0 Å². The molecule has 0 saturated heterocycles. The fourth-order valence-corrected chi connectivity index (χ4v) is 4.67. The van der Waals surface area contributed by atoms with Gasteiger partial charge in [-0.3, -0.25) is 0 Å². The zero-order chi connectivity index (χ0) is 12.1. The van der Waals surface area contributed by atoms with E-state index in [-0.39, 0.29) is 9.52 Å². The van der Waals surface area contributed by atoms with Gasteiger partial charge in [0.15, 0.2) is 0 Å². The van der Waals surface area contributed by atoms with E-state index in [0.717, 1.165) is 0 Å². The molecule has 0 N–H and O–H groups in total. The molecule has 0 nitrogen and oxygen atoms in total. The molecule has 0 atom stereocenters. The van der Waals surface area contributed by atoms with Crippen molar-refractivity contribution in [3.63, 3.8) is 0 Å². The van der Waals surface area contributed by atoms with E-state index in [2.05, 4.69) is 50.3 Å². The van der Waals surface area contributed by atoms with Crippen molar-refractivity contribution in [1.29, 1.82) is 0 Å². The highest BCUT2D eigenvalue weighted by atomic mass is 28.2. The SMILES string of the molecule is CCCC1=CC(CC)=C([SiH2]c2ccccc2)C1. The van der Waals surface area contributed by atoms with Crippen LogP contribution in [0, 0.1) is 0 Å². The van der Waals surface area contributed by atoms with Crippen LogP contribution in [0.3, 0.4) is 0 Å². The van der Waals surface area contributed by atoms with Crippen LogP contribution in [0.1, 0.15) is 39.5 Å². The van der Waals surface area contributed by atoms with E-state index in [9.17, 15) is 0 Å². The first-order valence-corrected chi connectivity index (χ1v) is 8.19. The summed E-state index contributed by atoms with van der Waals surface area (Å²) in [7, 11) is -0.215. The molecule has 0 fully saturated rings. The topological polar surface area (TPSA) is 0 Å². The largest absolute Gasteiger partial charge is 0.0832 e. The van der Waals surface area contributed by atoms with Crippen molar-refractivity contribution in [2.45, 2.75) is 39.5 Å². The average Bonchev–Trinajstić information content (AvgIpc) is 2.73. The molecule has 0 unspecified atom stereocenters. The molecule has 0 aliphatic heterocycles. The molecule has 1 aromatic rings. The average molecular weight is 242 g/mol. The number of benzene rings is 1. The lowest BCUT2D eigenvalue weighted by Gasteiger charge is -2.06.